The minimum absolute atomic E-state index is 0.252. The van der Waals surface area contributed by atoms with Gasteiger partial charge >= 0.3 is 0 Å². The van der Waals surface area contributed by atoms with Crippen molar-refractivity contribution in [2.24, 2.45) is 0 Å². The summed E-state index contributed by atoms with van der Waals surface area (Å²) in [5.74, 6) is 0.252. The first-order chi connectivity index (χ1) is 3.29. The lowest BCUT2D eigenvalue weighted by atomic mass is 10.5. The third-order valence-electron chi connectivity index (χ3n) is 0.882. The molecule has 0 bridgehead atoms. The monoisotopic (exact) mass is 101 g/mol. The van der Waals surface area contributed by atoms with E-state index in [0.29, 0.717) is 6.54 Å². The summed E-state index contributed by atoms with van der Waals surface area (Å²) >= 11 is 0. The van der Waals surface area contributed by atoms with Crippen LogP contribution in [0.1, 0.15) is 0 Å². The molecule has 1 aliphatic heterocycles. The molecule has 1 rings (SSSR count). The Morgan fingerprint density at radius 3 is 2.57 bits per heavy atom. The Labute approximate surface area is 41.4 Å². The fourth-order valence-electron chi connectivity index (χ4n) is 0.527. The number of rotatable bonds is 0. The Hall–Kier alpha value is -0.540. The molecule has 0 atom stereocenters. The molecule has 0 aromatic carbocycles. The molecule has 40 valence electrons. The minimum Gasteiger partial charge on any atom is -0.511 e. The van der Waals surface area contributed by atoms with Gasteiger partial charge in [0, 0.05) is 6.54 Å². The number of aliphatic hydroxyl groups excluding tert-OH is 1. The van der Waals surface area contributed by atoms with Crippen LogP contribution in [0, 0.1) is 0 Å². The van der Waals surface area contributed by atoms with Crippen molar-refractivity contribution in [3.63, 3.8) is 0 Å². The van der Waals surface area contributed by atoms with Crippen molar-refractivity contribution in [1.29, 1.82) is 0 Å². The molecule has 0 aromatic heterocycles. The van der Waals surface area contributed by atoms with Gasteiger partial charge in [0.15, 0.2) is 0 Å². The predicted octanol–water partition coefficient (Wildman–Crippen LogP) is 0.133. The van der Waals surface area contributed by atoms with Crippen molar-refractivity contribution in [3.05, 3.63) is 11.8 Å². The average molecular weight is 101 g/mol. The molecule has 0 saturated heterocycles. The number of nitrogens with zero attached hydrogens (tertiary/aromatic N) is 1. The van der Waals surface area contributed by atoms with Crippen molar-refractivity contribution in [2.75, 3.05) is 13.1 Å². The van der Waals surface area contributed by atoms with Crippen LogP contribution in [0.3, 0.4) is 0 Å². The van der Waals surface area contributed by atoms with Crippen molar-refractivity contribution >= 4 is 0 Å². The Bertz CT molecular complexity index is 99.9. The smallest absolute Gasteiger partial charge is 0.106 e. The van der Waals surface area contributed by atoms with E-state index in [1.807, 2.05) is 0 Å². The molecular formula is C4H7NO2. The fraction of sp³-hybridized carbons (Fsp3) is 0.500. The van der Waals surface area contributed by atoms with E-state index in [2.05, 4.69) is 0 Å². The van der Waals surface area contributed by atoms with E-state index in [1.54, 1.807) is 6.08 Å². The first-order valence-electron chi connectivity index (χ1n) is 2.11. The SMILES string of the molecule is OC1=CCN(O)C1. The summed E-state index contributed by atoms with van der Waals surface area (Å²) in [7, 11) is 0. The standard InChI is InChI=1S/C4H7NO2/c6-4-1-2-5(7)3-4/h1,6-7H,2-3H2. The van der Waals surface area contributed by atoms with Gasteiger partial charge in [0.1, 0.15) is 5.76 Å². The number of aliphatic hydroxyl groups is 1. The lowest BCUT2D eigenvalue weighted by Gasteiger charge is -2.00. The van der Waals surface area contributed by atoms with Crippen LogP contribution >= 0.6 is 0 Å². The van der Waals surface area contributed by atoms with E-state index >= 15 is 0 Å². The predicted molar refractivity (Wildman–Crippen MR) is 24.1 cm³/mol. The second-order valence-electron chi connectivity index (χ2n) is 1.54. The van der Waals surface area contributed by atoms with Gasteiger partial charge in [-0.1, -0.05) is 0 Å². The van der Waals surface area contributed by atoms with Crippen LogP contribution in [-0.2, 0) is 0 Å². The van der Waals surface area contributed by atoms with Gasteiger partial charge in [-0.2, -0.15) is 5.06 Å². The number of hydroxylamine groups is 2. The maximum atomic E-state index is 8.56. The second kappa shape index (κ2) is 1.52. The molecule has 7 heavy (non-hydrogen) atoms. The quantitative estimate of drug-likeness (QED) is 0.456. The summed E-state index contributed by atoms with van der Waals surface area (Å²) < 4.78 is 0. The van der Waals surface area contributed by atoms with Gasteiger partial charge in [-0.15, -0.1) is 0 Å². The molecule has 0 amide bonds. The van der Waals surface area contributed by atoms with E-state index in [4.69, 9.17) is 10.3 Å². The van der Waals surface area contributed by atoms with Crippen molar-refractivity contribution in [1.82, 2.24) is 5.06 Å². The van der Waals surface area contributed by atoms with Crippen LogP contribution in [0.4, 0.5) is 0 Å². The lowest BCUT2D eigenvalue weighted by molar-refractivity contribution is -0.0678. The average Bonchev–Trinajstić information content (AvgIpc) is 1.87. The summed E-state index contributed by atoms with van der Waals surface area (Å²) in [6, 6.07) is 0. The first-order valence-corrected chi connectivity index (χ1v) is 2.11. The highest BCUT2D eigenvalue weighted by Gasteiger charge is 2.07. The van der Waals surface area contributed by atoms with Crippen LogP contribution in [0.5, 0.6) is 0 Å². The minimum atomic E-state index is 0.252. The fourth-order valence-corrected chi connectivity index (χ4v) is 0.527. The molecule has 0 fully saturated rings. The van der Waals surface area contributed by atoms with Crippen molar-refractivity contribution < 1.29 is 10.3 Å². The van der Waals surface area contributed by atoms with Crippen LogP contribution < -0.4 is 0 Å². The zero-order valence-corrected chi connectivity index (χ0v) is 3.83. The zero-order valence-electron chi connectivity index (χ0n) is 3.83. The van der Waals surface area contributed by atoms with E-state index in [1.165, 1.54) is 0 Å². The third kappa shape index (κ3) is 0.913. The van der Waals surface area contributed by atoms with E-state index in [9.17, 15) is 0 Å². The maximum absolute atomic E-state index is 8.56. The molecule has 3 nitrogen and oxygen atoms in total. The number of hydrogen-bond donors (Lipinski definition) is 2. The summed E-state index contributed by atoms with van der Waals surface area (Å²) in [6.07, 6.45) is 1.57. The molecule has 0 unspecified atom stereocenters. The topological polar surface area (TPSA) is 43.7 Å². The molecule has 2 N–H and O–H groups in total. The molecule has 0 saturated carbocycles. The van der Waals surface area contributed by atoms with Crippen molar-refractivity contribution in [2.45, 2.75) is 0 Å². The summed E-state index contributed by atoms with van der Waals surface area (Å²) in [5.41, 5.74) is 0. The molecule has 3 heteroatoms. The van der Waals surface area contributed by atoms with Gasteiger partial charge in [0.05, 0.1) is 6.54 Å². The van der Waals surface area contributed by atoms with E-state index in [0.717, 1.165) is 5.06 Å². The Balaban J connectivity index is 2.42. The molecular weight excluding hydrogens is 94.0 g/mol. The van der Waals surface area contributed by atoms with E-state index in [-0.39, 0.29) is 12.3 Å². The van der Waals surface area contributed by atoms with Gasteiger partial charge in [-0.25, -0.2) is 0 Å². The second-order valence-corrected chi connectivity index (χ2v) is 1.54. The largest absolute Gasteiger partial charge is 0.511 e. The summed E-state index contributed by atoms with van der Waals surface area (Å²) in [5, 5.41) is 18.1. The van der Waals surface area contributed by atoms with Crippen LogP contribution in [-0.4, -0.2) is 28.5 Å². The molecule has 1 aliphatic rings. The zero-order chi connectivity index (χ0) is 5.28. The van der Waals surface area contributed by atoms with Crippen LogP contribution in [0.2, 0.25) is 0 Å². The Morgan fingerprint density at radius 2 is 2.43 bits per heavy atom. The molecule has 0 radical (unpaired) electrons. The molecule has 0 aromatic rings. The number of hydrogen-bond acceptors (Lipinski definition) is 3. The maximum Gasteiger partial charge on any atom is 0.106 e. The van der Waals surface area contributed by atoms with Crippen LogP contribution in [0.15, 0.2) is 11.8 Å². The Morgan fingerprint density at radius 1 is 1.71 bits per heavy atom. The summed E-state index contributed by atoms with van der Waals surface area (Å²) in [4.78, 5) is 0. The first kappa shape index (κ1) is 4.61. The van der Waals surface area contributed by atoms with E-state index < -0.39 is 0 Å². The van der Waals surface area contributed by atoms with Gasteiger partial charge in [0.25, 0.3) is 0 Å². The van der Waals surface area contributed by atoms with Crippen molar-refractivity contribution in [3.8, 4) is 0 Å². The van der Waals surface area contributed by atoms with Gasteiger partial charge in [-0.05, 0) is 6.08 Å². The third-order valence-corrected chi connectivity index (χ3v) is 0.882. The molecule has 0 aliphatic carbocycles. The highest BCUT2D eigenvalue weighted by Crippen LogP contribution is 2.00. The highest BCUT2D eigenvalue weighted by molar-refractivity contribution is 5.00. The summed E-state index contributed by atoms with van der Waals surface area (Å²) in [6.45, 7) is 0.728. The van der Waals surface area contributed by atoms with Gasteiger partial charge < -0.3 is 10.3 Å². The van der Waals surface area contributed by atoms with Gasteiger partial charge in [0.2, 0.25) is 0 Å². The Kier molecular flexibility index (Phi) is 1.00. The molecule has 0 spiro atoms. The lowest BCUT2D eigenvalue weighted by Crippen LogP contribution is -2.14. The molecule has 1 heterocycles. The van der Waals surface area contributed by atoms with Gasteiger partial charge in [-0.3, -0.25) is 0 Å². The normalized spacial score (nSPS) is 22.7. The highest BCUT2D eigenvalue weighted by atomic mass is 16.5. The van der Waals surface area contributed by atoms with Crippen LogP contribution in [0.25, 0.3) is 0 Å².